The Morgan fingerprint density at radius 3 is 1.51 bits per heavy atom. The minimum absolute atomic E-state index is 0.0837. The Hall–Kier alpha value is -8.78. The highest BCUT2D eigenvalue weighted by atomic mass is 16.3. The van der Waals surface area contributed by atoms with Crippen LogP contribution in [0.3, 0.4) is 0 Å². The molecule has 0 fully saturated rings. The second kappa shape index (κ2) is 16.4. The first-order chi connectivity index (χ1) is 36.4. The Labute approximate surface area is 433 Å². The van der Waals surface area contributed by atoms with Gasteiger partial charge in [-0.05, 0) is 154 Å². The maximum absolute atomic E-state index is 6.28. The molecule has 74 heavy (non-hydrogen) atoms. The first-order valence-corrected chi connectivity index (χ1v) is 26.3. The monoisotopic (exact) mass is 944 g/mol. The van der Waals surface area contributed by atoms with E-state index in [1.165, 1.54) is 117 Å². The van der Waals surface area contributed by atoms with Crippen LogP contribution in [0.15, 0.2) is 253 Å². The predicted octanol–water partition coefficient (Wildman–Crippen LogP) is 19.0. The topological polar surface area (TPSA) is 13.1 Å². The smallest absolute Gasteiger partial charge is 0.135 e. The molecule has 0 saturated carbocycles. The molecule has 1 unspecified atom stereocenters. The van der Waals surface area contributed by atoms with E-state index >= 15 is 0 Å². The van der Waals surface area contributed by atoms with Gasteiger partial charge in [0.25, 0.3) is 0 Å². The van der Waals surface area contributed by atoms with Gasteiger partial charge in [0, 0.05) is 22.1 Å². The number of hydrogen-bond donors (Lipinski definition) is 0. The molecule has 1 nitrogen and oxygen atoms in total. The van der Waals surface area contributed by atoms with E-state index in [0.29, 0.717) is 0 Å². The standard InChI is InChI=1S/C73H52O/c1-72(2)64-20-10-6-16-56(64)59-40-35-54(45-67(59)72)55(51-32-30-50(31-33-51)49-28-26-48(27-29-49)47-14-4-3-5-15-47)37-24-46-25-38-60-61-39-34-53(52-36-41-71-63(43-52)62-19-9-13-23-70(62)74-71)44-69(61)73(68(60)42-46)65-21-11-7-17-57(65)58-18-8-12-22-66(58)73/h3-23,25-36,38-45,55H,24,37H2,1-2H3. The van der Waals surface area contributed by atoms with E-state index in [1.54, 1.807) is 0 Å². The van der Waals surface area contributed by atoms with E-state index < -0.39 is 5.41 Å². The minimum atomic E-state index is -0.467. The van der Waals surface area contributed by atoms with Crippen LogP contribution in [0.25, 0.3) is 88.7 Å². The quantitative estimate of drug-likeness (QED) is 0.148. The molecular formula is C73H52O. The van der Waals surface area contributed by atoms with Crippen molar-refractivity contribution in [3.8, 4) is 66.8 Å². The zero-order valence-corrected chi connectivity index (χ0v) is 41.6. The Morgan fingerprint density at radius 2 is 0.797 bits per heavy atom. The maximum atomic E-state index is 6.28. The van der Waals surface area contributed by atoms with Crippen molar-refractivity contribution in [1.29, 1.82) is 0 Å². The van der Waals surface area contributed by atoms with Gasteiger partial charge in [-0.1, -0.05) is 238 Å². The van der Waals surface area contributed by atoms with E-state index in [0.717, 1.165) is 34.8 Å². The lowest BCUT2D eigenvalue weighted by Crippen LogP contribution is -2.26. The van der Waals surface area contributed by atoms with Gasteiger partial charge in [-0.3, -0.25) is 0 Å². The SMILES string of the molecule is CC1(C)c2ccccc2-c2ccc(C(CCc3ccc4c(c3)C3(c5ccccc5-c5ccccc53)c3cc(-c5ccc6oc7ccccc7c6c5)ccc3-4)c3ccc(-c4ccc(-c5ccccc5)cc4)cc3)cc21. The first-order valence-electron chi connectivity index (χ1n) is 26.3. The summed E-state index contributed by atoms with van der Waals surface area (Å²) in [5.41, 5.74) is 29.0. The molecular weight excluding hydrogens is 893 g/mol. The fourth-order valence-corrected chi connectivity index (χ4v) is 13.6. The molecule has 1 heteroatoms. The van der Waals surface area contributed by atoms with E-state index in [2.05, 4.69) is 257 Å². The predicted molar refractivity (Wildman–Crippen MR) is 307 cm³/mol. The molecule has 11 aromatic carbocycles. The molecule has 12 aromatic rings. The molecule has 0 N–H and O–H groups in total. The van der Waals surface area contributed by atoms with Crippen molar-refractivity contribution in [3.05, 3.63) is 299 Å². The molecule has 350 valence electrons. The molecule has 1 aromatic heterocycles. The summed E-state index contributed by atoms with van der Waals surface area (Å²) in [4.78, 5) is 0. The van der Waals surface area contributed by atoms with Gasteiger partial charge in [0.15, 0.2) is 0 Å². The van der Waals surface area contributed by atoms with Crippen LogP contribution in [0.2, 0.25) is 0 Å². The summed E-state index contributed by atoms with van der Waals surface area (Å²) < 4.78 is 6.28. The highest BCUT2D eigenvalue weighted by Crippen LogP contribution is 2.63. The average Bonchev–Trinajstić information content (AvgIpc) is 4.15. The largest absolute Gasteiger partial charge is 0.456 e. The Morgan fingerprint density at radius 1 is 0.324 bits per heavy atom. The summed E-state index contributed by atoms with van der Waals surface area (Å²) in [7, 11) is 0. The number of benzene rings is 11. The van der Waals surface area contributed by atoms with E-state index in [-0.39, 0.29) is 11.3 Å². The zero-order valence-electron chi connectivity index (χ0n) is 41.6. The van der Waals surface area contributed by atoms with Crippen molar-refractivity contribution in [2.75, 3.05) is 0 Å². The fraction of sp³-hybridized carbons (Fsp3) is 0.0959. The summed E-state index contributed by atoms with van der Waals surface area (Å²) >= 11 is 0. The highest BCUT2D eigenvalue weighted by molar-refractivity contribution is 6.06. The van der Waals surface area contributed by atoms with E-state index in [4.69, 9.17) is 4.42 Å². The lowest BCUT2D eigenvalue weighted by molar-refractivity contribution is 0.654. The summed E-state index contributed by atoms with van der Waals surface area (Å²) in [5.74, 6) is 0.189. The van der Waals surface area contributed by atoms with Gasteiger partial charge < -0.3 is 4.42 Å². The molecule has 0 saturated heterocycles. The number of hydrogen-bond acceptors (Lipinski definition) is 1. The minimum Gasteiger partial charge on any atom is -0.456 e. The Balaban J connectivity index is 0.831. The number of rotatable bonds is 8. The number of furan rings is 1. The lowest BCUT2D eigenvalue weighted by atomic mass is 9.70. The molecule has 0 radical (unpaired) electrons. The van der Waals surface area contributed by atoms with Crippen molar-refractivity contribution >= 4 is 21.9 Å². The van der Waals surface area contributed by atoms with E-state index in [1.807, 2.05) is 6.07 Å². The average molecular weight is 945 g/mol. The highest BCUT2D eigenvalue weighted by Gasteiger charge is 2.51. The molecule has 3 aliphatic carbocycles. The van der Waals surface area contributed by atoms with Crippen molar-refractivity contribution in [1.82, 2.24) is 0 Å². The zero-order chi connectivity index (χ0) is 49.1. The molecule has 1 heterocycles. The second-order valence-corrected chi connectivity index (χ2v) is 21.4. The Bertz CT molecular complexity index is 4160. The third-order valence-corrected chi connectivity index (χ3v) is 17.2. The molecule has 3 aliphatic rings. The van der Waals surface area contributed by atoms with Crippen LogP contribution in [0.4, 0.5) is 0 Å². The molecule has 1 atom stereocenters. The van der Waals surface area contributed by atoms with Crippen molar-refractivity contribution in [3.63, 3.8) is 0 Å². The summed E-state index contributed by atoms with van der Waals surface area (Å²) in [6, 6.07) is 93.5. The van der Waals surface area contributed by atoms with Crippen LogP contribution < -0.4 is 0 Å². The first kappa shape index (κ1) is 42.9. The summed E-state index contributed by atoms with van der Waals surface area (Å²) in [6.45, 7) is 4.80. The molecule has 0 amide bonds. The van der Waals surface area contributed by atoms with Crippen LogP contribution in [0, 0.1) is 0 Å². The van der Waals surface area contributed by atoms with Crippen LogP contribution in [0.5, 0.6) is 0 Å². The summed E-state index contributed by atoms with van der Waals surface area (Å²) in [6.07, 6.45) is 1.90. The molecule has 0 bridgehead atoms. The van der Waals surface area contributed by atoms with Gasteiger partial charge in [0.2, 0.25) is 0 Å². The van der Waals surface area contributed by atoms with Gasteiger partial charge in [-0.2, -0.15) is 0 Å². The number of aryl methyl sites for hydroxylation is 1. The van der Waals surface area contributed by atoms with Crippen molar-refractivity contribution in [2.24, 2.45) is 0 Å². The fourth-order valence-electron chi connectivity index (χ4n) is 13.6. The Kier molecular flexibility index (Phi) is 9.48. The maximum Gasteiger partial charge on any atom is 0.135 e. The summed E-state index contributed by atoms with van der Waals surface area (Å²) in [5, 5.41) is 2.30. The van der Waals surface area contributed by atoms with Crippen LogP contribution in [-0.4, -0.2) is 0 Å². The normalized spacial score (nSPS) is 14.4. The van der Waals surface area contributed by atoms with Crippen LogP contribution in [0.1, 0.15) is 76.3 Å². The van der Waals surface area contributed by atoms with Crippen LogP contribution >= 0.6 is 0 Å². The second-order valence-electron chi connectivity index (χ2n) is 21.4. The molecule has 15 rings (SSSR count). The number of para-hydroxylation sites is 1. The number of fused-ring (bicyclic) bond motifs is 16. The van der Waals surface area contributed by atoms with Gasteiger partial charge in [-0.15, -0.1) is 0 Å². The van der Waals surface area contributed by atoms with Gasteiger partial charge in [0.05, 0.1) is 5.41 Å². The van der Waals surface area contributed by atoms with Gasteiger partial charge >= 0.3 is 0 Å². The molecule has 1 spiro atoms. The third-order valence-electron chi connectivity index (χ3n) is 17.2. The van der Waals surface area contributed by atoms with Crippen molar-refractivity contribution < 1.29 is 4.42 Å². The molecule has 0 aliphatic heterocycles. The van der Waals surface area contributed by atoms with Gasteiger partial charge in [0.1, 0.15) is 11.2 Å². The third kappa shape index (κ3) is 6.36. The lowest BCUT2D eigenvalue weighted by Gasteiger charge is -2.31. The van der Waals surface area contributed by atoms with E-state index in [9.17, 15) is 0 Å². The van der Waals surface area contributed by atoms with Gasteiger partial charge in [-0.25, -0.2) is 0 Å². The van der Waals surface area contributed by atoms with Crippen LogP contribution in [-0.2, 0) is 17.3 Å². The van der Waals surface area contributed by atoms with Crippen molar-refractivity contribution in [2.45, 2.75) is 43.4 Å².